The quantitative estimate of drug-likeness (QED) is 0.399. The van der Waals surface area contributed by atoms with E-state index in [1.807, 2.05) is 54.6 Å². The van der Waals surface area contributed by atoms with Crippen molar-refractivity contribution in [3.05, 3.63) is 84.6 Å². The molecule has 0 atom stereocenters. The largest absolute Gasteiger partial charge is 0.382 e. The van der Waals surface area contributed by atoms with Gasteiger partial charge < -0.3 is 11.1 Å². The fourth-order valence-electron chi connectivity index (χ4n) is 2.55. The van der Waals surface area contributed by atoms with E-state index in [-0.39, 0.29) is 5.82 Å². The molecule has 3 aromatic rings. The molecule has 0 radical (unpaired) electrons. The van der Waals surface area contributed by atoms with Crippen LogP contribution in [0.5, 0.6) is 0 Å². The number of anilines is 2. The number of benzene rings is 2. The second-order valence-corrected chi connectivity index (χ2v) is 8.21. The van der Waals surface area contributed by atoms with Crippen LogP contribution in [0, 0.1) is 0 Å². The molecule has 2 aromatic carbocycles. The summed E-state index contributed by atoms with van der Waals surface area (Å²) < 4.78 is -2.06. The normalized spacial score (nSPS) is 11.9. The molecule has 0 aliphatic rings. The molecule has 0 saturated carbocycles. The van der Waals surface area contributed by atoms with Crippen LogP contribution in [0.1, 0.15) is 5.56 Å². The van der Waals surface area contributed by atoms with E-state index in [1.54, 1.807) is 18.3 Å². The first kappa shape index (κ1) is 20.2. The first-order valence-corrected chi connectivity index (χ1v) is 9.44. The van der Waals surface area contributed by atoms with Gasteiger partial charge in [-0.15, -0.1) is 0 Å². The molecule has 3 rings (SSSR count). The van der Waals surface area contributed by atoms with Crippen LogP contribution in [0.25, 0.3) is 16.8 Å². The van der Waals surface area contributed by atoms with Gasteiger partial charge in [-0.1, -0.05) is 89.4 Å². The summed E-state index contributed by atoms with van der Waals surface area (Å²) in [5.41, 5.74) is 9.73. The van der Waals surface area contributed by atoms with Crippen LogP contribution in [0.15, 0.2) is 79.0 Å². The summed E-state index contributed by atoms with van der Waals surface area (Å²) in [6, 6.07) is 21.1. The van der Waals surface area contributed by atoms with E-state index in [1.165, 1.54) is 6.08 Å². The van der Waals surface area contributed by atoms with Crippen LogP contribution in [0.3, 0.4) is 0 Å². The molecule has 1 aromatic heterocycles. The molecule has 1 heterocycles. The molecule has 28 heavy (non-hydrogen) atoms. The number of nitrogen functional groups attached to an aromatic ring is 1. The highest BCUT2D eigenvalue weighted by atomic mass is 35.6. The van der Waals surface area contributed by atoms with E-state index in [0.29, 0.717) is 11.4 Å². The number of rotatable bonds is 5. The zero-order valence-corrected chi connectivity index (χ0v) is 16.8. The zero-order valence-electron chi connectivity index (χ0n) is 14.6. The van der Waals surface area contributed by atoms with Gasteiger partial charge in [-0.05, 0) is 28.8 Å². The predicted molar refractivity (Wildman–Crippen MR) is 117 cm³/mol. The van der Waals surface area contributed by atoms with Gasteiger partial charge in [-0.25, -0.2) is 4.98 Å². The molecule has 0 bridgehead atoms. The van der Waals surface area contributed by atoms with Gasteiger partial charge in [0.05, 0.1) is 5.69 Å². The minimum absolute atomic E-state index is 0.288. The minimum atomic E-state index is -2.06. The number of halogens is 3. The number of nitrogens with one attached hydrogen (secondary N) is 1. The molecule has 3 N–H and O–H groups in total. The average molecular weight is 433 g/mol. The molecule has 0 fully saturated rings. The lowest BCUT2D eigenvalue weighted by Crippen LogP contribution is -2.17. The van der Waals surface area contributed by atoms with Crippen molar-refractivity contribution in [2.24, 2.45) is 0 Å². The van der Waals surface area contributed by atoms with Gasteiger partial charge in [0.15, 0.2) is 0 Å². The number of alkyl halides is 3. The van der Waals surface area contributed by atoms with Crippen molar-refractivity contribution in [1.82, 2.24) is 4.98 Å². The highest BCUT2D eigenvalue weighted by Crippen LogP contribution is 2.30. The number of hydrogen-bond donors (Lipinski definition) is 2. The molecular weight excluding hydrogens is 417 g/mol. The van der Waals surface area contributed by atoms with Crippen molar-refractivity contribution < 1.29 is 4.79 Å². The molecular formula is C21H16Cl3N3O. The van der Waals surface area contributed by atoms with Crippen molar-refractivity contribution in [2.45, 2.75) is 3.79 Å². The maximum absolute atomic E-state index is 12.3. The molecule has 4 nitrogen and oxygen atoms in total. The minimum Gasteiger partial charge on any atom is -0.382 e. The molecule has 0 aliphatic heterocycles. The molecule has 7 heteroatoms. The van der Waals surface area contributed by atoms with E-state index < -0.39 is 9.58 Å². The maximum Gasteiger partial charge on any atom is 0.252 e. The smallest absolute Gasteiger partial charge is 0.252 e. The van der Waals surface area contributed by atoms with Gasteiger partial charge in [0.2, 0.25) is 5.78 Å². The van der Waals surface area contributed by atoms with Crippen LogP contribution < -0.4 is 11.1 Å². The highest BCUT2D eigenvalue weighted by Gasteiger charge is 2.29. The van der Waals surface area contributed by atoms with Crippen LogP contribution in [0.2, 0.25) is 0 Å². The van der Waals surface area contributed by atoms with E-state index in [4.69, 9.17) is 40.5 Å². The first-order valence-electron chi connectivity index (χ1n) is 8.31. The van der Waals surface area contributed by atoms with Gasteiger partial charge in [0.25, 0.3) is 3.79 Å². The molecule has 0 spiro atoms. The molecule has 0 amide bonds. The number of ketones is 1. The highest BCUT2D eigenvalue weighted by molar-refractivity contribution is 6.77. The fourth-order valence-corrected chi connectivity index (χ4v) is 2.71. The Hall–Kier alpha value is -2.53. The number of hydrogen-bond acceptors (Lipinski definition) is 4. The Kier molecular flexibility index (Phi) is 6.25. The molecule has 142 valence electrons. The number of carbonyl (C=O) groups excluding carboxylic acids is 1. The Balaban J connectivity index is 1.98. The van der Waals surface area contributed by atoms with Crippen molar-refractivity contribution in [3.63, 3.8) is 0 Å². The summed E-state index contributed by atoms with van der Waals surface area (Å²) in [6.07, 6.45) is 2.82. The number of aromatic nitrogens is 1. The number of nitrogens with two attached hydrogens (primary N) is 1. The lowest BCUT2D eigenvalue weighted by Gasteiger charge is -2.15. The summed E-state index contributed by atoms with van der Waals surface area (Å²) in [5.74, 6) is -0.384. The number of allylic oxidation sites excluding steroid dienone is 1. The Morgan fingerprint density at radius 1 is 0.929 bits per heavy atom. The second-order valence-electron chi connectivity index (χ2n) is 5.92. The van der Waals surface area contributed by atoms with E-state index >= 15 is 0 Å². The van der Waals surface area contributed by atoms with Crippen molar-refractivity contribution in [1.29, 1.82) is 0 Å². The van der Waals surface area contributed by atoms with Gasteiger partial charge in [0.1, 0.15) is 5.82 Å². The monoisotopic (exact) mass is 431 g/mol. The SMILES string of the molecule is Nc1ncccc1N/C(=C/C(=O)C(Cl)(Cl)Cl)c1ccc(-c2ccccc2)cc1. The van der Waals surface area contributed by atoms with Crippen molar-refractivity contribution in [3.8, 4) is 11.1 Å². The molecule has 0 unspecified atom stereocenters. The number of pyridine rings is 1. The first-order chi connectivity index (χ1) is 13.3. The number of carbonyl (C=O) groups is 1. The average Bonchev–Trinajstić information content (AvgIpc) is 2.69. The third kappa shape index (κ3) is 5.04. The molecule has 0 saturated heterocycles. The van der Waals surface area contributed by atoms with Crippen molar-refractivity contribution >= 4 is 57.8 Å². The van der Waals surface area contributed by atoms with E-state index in [2.05, 4.69) is 10.3 Å². The third-order valence-corrected chi connectivity index (χ3v) is 4.52. The fraction of sp³-hybridized carbons (Fsp3) is 0.0476. The zero-order chi connectivity index (χ0) is 20.1. The summed E-state index contributed by atoms with van der Waals surface area (Å²) in [6.45, 7) is 0. The number of nitrogens with zero attached hydrogens (tertiary/aromatic N) is 1. The Labute approximate surface area is 177 Å². The van der Waals surface area contributed by atoms with Gasteiger partial charge >= 0.3 is 0 Å². The third-order valence-electron chi connectivity index (χ3n) is 3.97. The Morgan fingerprint density at radius 2 is 1.57 bits per heavy atom. The van der Waals surface area contributed by atoms with E-state index in [9.17, 15) is 4.79 Å². The Morgan fingerprint density at radius 3 is 2.18 bits per heavy atom. The molecule has 0 aliphatic carbocycles. The van der Waals surface area contributed by atoms with Gasteiger partial charge in [-0.2, -0.15) is 0 Å². The lowest BCUT2D eigenvalue weighted by atomic mass is 10.0. The van der Waals surface area contributed by atoms with Crippen LogP contribution in [-0.4, -0.2) is 14.6 Å². The van der Waals surface area contributed by atoms with Crippen molar-refractivity contribution in [2.75, 3.05) is 11.1 Å². The predicted octanol–water partition coefficient (Wildman–Crippen LogP) is 5.72. The Bertz CT molecular complexity index is 997. The summed E-state index contributed by atoms with van der Waals surface area (Å²) in [7, 11) is 0. The van der Waals surface area contributed by atoms with Crippen LogP contribution in [-0.2, 0) is 4.79 Å². The van der Waals surface area contributed by atoms with Crippen LogP contribution >= 0.6 is 34.8 Å². The standard InChI is InChI=1S/C21H16Cl3N3O/c22-21(23,24)19(28)13-18(27-17-7-4-12-26-20(17)25)16-10-8-15(9-11-16)14-5-2-1-3-6-14/h1-13,27H,(H2,25,26)/b18-13+. The summed E-state index contributed by atoms with van der Waals surface area (Å²) >= 11 is 17.2. The van der Waals surface area contributed by atoms with Crippen LogP contribution in [0.4, 0.5) is 11.5 Å². The van der Waals surface area contributed by atoms with Gasteiger partial charge in [-0.3, -0.25) is 4.79 Å². The van der Waals surface area contributed by atoms with Gasteiger partial charge in [0, 0.05) is 18.0 Å². The second kappa shape index (κ2) is 8.65. The maximum atomic E-state index is 12.3. The lowest BCUT2D eigenvalue weighted by molar-refractivity contribution is -0.113. The van der Waals surface area contributed by atoms with E-state index in [0.717, 1.165) is 16.7 Å². The summed E-state index contributed by atoms with van der Waals surface area (Å²) in [4.78, 5) is 16.3. The summed E-state index contributed by atoms with van der Waals surface area (Å²) in [5, 5.41) is 3.10. The topological polar surface area (TPSA) is 68.0 Å².